The van der Waals surface area contributed by atoms with E-state index in [1.165, 1.54) is 0 Å². The summed E-state index contributed by atoms with van der Waals surface area (Å²) in [5.74, 6) is 1.92. The first-order valence-corrected chi connectivity index (χ1v) is 8.41. The quantitative estimate of drug-likeness (QED) is 0.698. The maximum atomic E-state index is 12.3. The van der Waals surface area contributed by atoms with Gasteiger partial charge in [0.15, 0.2) is 0 Å². The van der Waals surface area contributed by atoms with Crippen molar-refractivity contribution < 1.29 is 14.3 Å². The van der Waals surface area contributed by atoms with Crippen molar-refractivity contribution >= 4 is 17.7 Å². The molecule has 0 amide bonds. The van der Waals surface area contributed by atoms with Gasteiger partial charge in [-0.25, -0.2) is 0 Å². The first kappa shape index (κ1) is 16.8. The van der Waals surface area contributed by atoms with Crippen molar-refractivity contribution in [3.8, 4) is 0 Å². The van der Waals surface area contributed by atoms with Crippen molar-refractivity contribution in [2.45, 2.75) is 53.8 Å². The fraction of sp³-hybridized carbons (Fsp3) is 0.933. The van der Waals surface area contributed by atoms with E-state index in [0.717, 1.165) is 24.3 Å². The number of ether oxygens (including phenoxy) is 2. The number of hydrogen-bond acceptors (Lipinski definition) is 4. The molecule has 0 bridgehead atoms. The van der Waals surface area contributed by atoms with Gasteiger partial charge in [0, 0.05) is 5.75 Å². The zero-order chi connectivity index (χ0) is 14.5. The van der Waals surface area contributed by atoms with Crippen LogP contribution < -0.4 is 0 Å². The summed E-state index contributed by atoms with van der Waals surface area (Å²) in [6.45, 7) is 11.5. The van der Waals surface area contributed by atoms with Crippen LogP contribution in [0.4, 0.5) is 0 Å². The van der Waals surface area contributed by atoms with Crippen molar-refractivity contribution in [1.82, 2.24) is 0 Å². The average Bonchev–Trinajstić information content (AvgIpc) is 2.37. The molecule has 1 aliphatic heterocycles. The summed E-state index contributed by atoms with van der Waals surface area (Å²) >= 11 is 1.78. The summed E-state index contributed by atoms with van der Waals surface area (Å²) in [5.41, 5.74) is 0.177. The molecule has 0 aliphatic carbocycles. The van der Waals surface area contributed by atoms with Gasteiger partial charge in [-0.1, -0.05) is 41.0 Å². The predicted octanol–water partition coefficient (Wildman–Crippen LogP) is 3.72. The summed E-state index contributed by atoms with van der Waals surface area (Å²) in [6.07, 6.45) is 1.59. The van der Waals surface area contributed by atoms with Crippen LogP contribution >= 0.6 is 11.8 Å². The van der Waals surface area contributed by atoms with Crippen LogP contribution in [0.15, 0.2) is 0 Å². The highest BCUT2D eigenvalue weighted by Gasteiger charge is 2.32. The lowest BCUT2D eigenvalue weighted by atomic mass is 9.77. The molecule has 0 aromatic carbocycles. The Hall–Kier alpha value is -0.220. The molecule has 0 aromatic heterocycles. The summed E-state index contributed by atoms with van der Waals surface area (Å²) in [5, 5.41) is 0. The van der Waals surface area contributed by atoms with Crippen molar-refractivity contribution in [1.29, 1.82) is 0 Å². The van der Waals surface area contributed by atoms with Gasteiger partial charge in [0.2, 0.25) is 6.29 Å². The number of carbonyl (C=O) groups excluding carboxylic acids is 1. The SMILES string of the molecule is CCC(C)(C)CC(C(=O)OC1CSCCO1)C(C)C. The van der Waals surface area contributed by atoms with Crippen molar-refractivity contribution in [2.24, 2.45) is 17.3 Å². The van der Waals surface area contributed by atoms with E-state index in [1.807, 2.05) is 0 Å². The molecule has 2 atom stereocenters. The average molecular weight is 288 g/mol. The van der Waals surface area contributed by atoms with Crippen molar-refractivity contribution in [3.63, 3.8) is 0 Å². The molecule has 0 saturated carbocycles. The highest BCUT2D eigenvalue weighted by atomic mass is 32.2. The molecule has 1 rings (SSSR count). The van der Waals surface area contributed by atoms with E-state index in [1.54, 1.807) is 11.8 Å². The van der Waals surface area contributed by atoms with Gasteiger partial charge in [0.25, 0.3) is 0 Å². The molecular formula is C15H28O3S. The van der Waals surface area contributed by atoms with Gasteiger partial charge in [-0.2, -0.15) is 11.8 Å². The van der Waals surface area contributed by atoms with E-state index in [0.29, 0.717) is 12.5 Å². The third-order valence-electron chi connectivity index (χ3n) is 3.87. The third kappa shape index (κ3) is 5.74. The fourth-order valence-corrected chi connectivity index (χ4v) is 2.82. The van der Waals surface area contributed by atoms with Crippen LogP contribution in [0.25, 0.3) is 0 Å². The lowest BCUT2D eigenvalue weighted by Crippen LogP contribution is -2.34. The second kappa shape index (κ2) is 7.53. The highest BCUT2D eigenvalue weighted by molar-refractivity contribution is 7.99. The molecule has 2 unspecified atom stereocenters. The summed E-state index contributed by atoms with van der Waals surface area (Å²) in [7, 11) is 0. The molecule has 19 heavy (non-hydrogen) atoms. The second-order valence-corrected chi connectivity index (χ2v) is 7.53. The van der Waals surface area contributed by atoms with Crippen LogP contribution in [-0.4, -0.2) is 30.4 Å². The van der Waals surface area contributed by atoms with Gasteiger partial charge in [-0.05, 0) is 17.8 Å². The minimum atomic E-state index is -0.350. The molecule has 0 aromatic rings. The van der Waals surface area contributed by atoms with Crippen LogP contribution in [0.2, 0.25) is 0 Å². The normalized spacial score (nSPS) is 22.3. The fourth-order valence-electron chi connectivity index (χ4n) is 2.08. The lowest BCUT2D eigenvalue weighted by molar-refractivity contribution is -0.181. The Morgan fingerprint density at radius 2 is 2.16 bits per heavy atom. The predicted molar refractivity (Wildman–Crippen MR) is 80.2 cm³/mol. The van der Waals surface area contributed by atoms with Crippen LogP contribution in [0, 0.1) is 17.3 Å². The number of esters is 1. The summed E-state index contributed by atoms with van der Waals surface area (Å²) < 4.78 is 11.0. The van der Waals surface area contributed by atoms with E-state index in [-0.39, 0.29) is 23.6 Å². The highest BCUT2D eigenvalue weighted by Crippen LogP contribution is 2.33. The monoisotopic (exact) mass is 288 g/mol. The maximum absolute atomic E-state index is 12.3. The van der Waals surface area contributed by atoms with Crippen LogP contribution in [0.1, 0.15) is 47.5 Å². The van der Waals surface area contributed by atoms with Crippen molar-refractivity contribution in [2.75, 3.05) is 18.1 Å². The molecular weight excluding hydrogens is 260 g/mol. The number of thioether (sulfide) groups is 1. The van der Waals surface area contributed by atoms with E-state index in [9.17, 15) is 4.79 Å². The summed E-state index contributed by atoms with van der Waals surface area (Å²) in [6, 6.07) is 0. The minimum absolute atomic E-state index is 0.0366. The second-order valence-electron chi connectivity index (χ2n) is 6.38. The number of hydrogen-bond donors (Lipinski definition) is 0. The molecule has 1 fully saturated rings. The Kier molecular flexibility index (Phi) is 6.67. The van der Waals surface area contributed by atoms with Gasteiger partial charge >= 0.3 is 5.97 Å². The Morgan fingerprint density at radius 1 is 1.47 bits per heavy atom. The number of carbonyl (C=O) groups is 1. The zero-order valence-electron chi connectivity index (χ0n) is 12.9. The third-order valence-corrected chi connectivity index (χ3v) is 4.83. The standard InChI is InChI=1S/C15H28O3S/c1-6-15(4,5)9-12(11(2)3)14(16)18-13-10-19-8-7-17-13/h11-13H,6-10H2,1-5H3. The topological polar surface area (TPSA) is 35.5 Å². The van der Waals surface area contributed by atoms with Gasteiger partial charge in [0.05, 0.1) is 18.3 Å². The molecule has 4 heteroatoms. The molecule has 1 saturated heterocycles. The first-order chi connectivity index (χ1) is 8.85. The Balaban J connectivity index is 2.57. The van der Waals surface area contributed by atoms with E-state index < -0.39 is 0 Å². The molecule has 0 N–H and O–H groups in total. The minimum Gasteiger partial charge on any atom is -0.435 e. The van der Waals surface area contributed by atoms with Gasteiger partial charge in [-0.15, -0.1) is 0 Å². The Bertz CT molecular complexity index is 283. The van der Waals surface area contributed by atoms with Crippen LogP contribution in [0.5, 0.6) is 0 Å². The van der Waals surface area contributed by atoms with E-state index >= 15 is 0 Å². The van der Waals surface area contributed by atoms with Crippen molar-refractivity contribution in [3.05, 3.63) is 0 Å². The van der Waals surface area contributed by atoms with Crippen LogP contribution in [0.3, 0.4) is 0 Å². The molecule has 0 radical (unpaired) electrons. The molecule has 3 nitrogen and oxygen atoms in total. The largest absolute Gasteiger partial charge is 0.435 e. The zero-order valence-corrected chi connectivity index (χ0v) is 13.7. The smallest absolute Gasteiger partial charge is 0.311 e. The number of rotatable bonds is 6. The van der Waals surface area contributed by atoms with Gasteiger partial charge < -0.3 is 9.47 Å². The van der Waals surface area contributed by atoms with Crippen LogP contribution in [-0.2, 0) is 14.3 Å². The Labute approximate surface area is 121 Å². The first-order valence-electron chi connectivity index (χ1n) is 7.25. The Morgan fingerprint density at radius 3 is 2.63 bits per heavy atom. The van der Waals surface area contributed by atoms with E-state index in [2.05, 4.69) is 34.6 Å². The maximum Gasteiger partial charge on any atom is 0.311 e. The summed E-state index contributed by atoms with van der Waals surface area (Å²) in [4.78, 5) is 12.3. The molecule has 112 valence electrons. The lowest BCUT2D eigenvalue weighted by Gasteiger charge is -2.31. The van der Waals surface area contributed by atoms with Gasteiger partial charge in [-0.3, -0.25) is 4.79 Å². The molecule has 0 spiro atoms. The molecule has 1 aliphatic rings. The van der Waals surface area contributed by atoms with E-state index in [4.69, 9.17) is 9.47 Å². The van der Waals surface area contributed by atoms with Gasteiger partial charge in [0.1, 0.15) is 0 Å². The molecule has 1 heterocycles.